The summed E-state index contributed by atoms with van der Waals surface area (Å²) in [5.74, 6) is -2.00. The van der Waals surface area contributed by atoms with Gasteiger partial charge in [0.25, 0.3) is 11.1 Å². The van der Waals surface area contributed by atoms with Gasteiger partial charge in [-0.15, -0.1) is 0 Å². The van der Waals surface area contributed by atoms with Crippen molar-refractivity contribution in [3.63, 3.8) is 0 Å². The minimum absolute atomic E-state index is 0.183. The van der Waals surface area contributed by atoms with Gasteiger partial charge in [-0.1, -0.05) is 18.2 Å². The van der Waals surface area contributed by atoms with E-state index in [0.717, 1.165) is 25.8 Å². The number of carbonyl (C=O) groups is 4. The van der Waals surface area contributed by atoms with Crippen LogP contribution in [0.1, 0.15) is 21.5 Å². The average molecular weight is 632 g/mol. The Morgan fingerprint density at radius 2 is 1.76 bits per heavy atom. The van der Waals surface area contributed by atoms with Crippen LogP contribution < -0.4 is 10.1 Å². The standard InChI is InChI=1S/C26H18FIN2O6S/c27-18-6-8-19(9-7-18)29-23(31)13-30-24(32)22(37-26(30)35)12-16-3-10-21(20(28)11-16)36-14-15-1-4-17(5-2-15)25(33)34/h1-12H,13-14H2,(H,29,31)(H,33,34)/b22-12-. The fraction of sp³-hybridized carbons (Fsp3) is 0.0769. The van der Waals surface area contributed by atoms with E-state index in [1.54, 1.807) is 36.4 Å². The highest BCUT2D eigenvalue weighted by Gasteiger charge is 2.36. The maximum absolute atomic E-state index is 13.0. The molecular weight excluding hydrogens is 614 g/mol. The first kappa shape index (κ1) is 26.4. The quantitative estimate of drug-likeness (QED) is 0.253. The van der Waals surface area contributed by atoms with Gasteiger partial charge in [0.15, 0.2) is 0 Å². The molecule has 0 aromatic heterocycles. The normalized spacial score (nSPS) is 14.2. The van der Waals surface area contributed by atoms with Crippen LogP contribution in [0.2, 0.25) is 0 Å². The second-order valence-electron chi connectivity index (χ2n) is 7.80. The van der Waals surface area contributed by atoms with E-state index in [1.165, 1.54) is 36.4 Å². The van der Waals surface area contributed by atoms with Gasteiger partial charge >= 0.3 is 5.97 Å². The number of hydrogen-bond donors (Lipinski definition) is 2. The zero-order chi connectivity index (χ0) is 26.5. The van der Waals surface area contributed by atoms with Crippen LogP contribution in [-0.2, 0) is 16.2 Å². The third kappa shape index (κ3) is 6.74. The van der Waals surface area contributed by atoms with Crippen molar-refractivity contribution >= 4 is 69.1 Å². The highest BCUT2D eigenvalue weighted by molar-refractivity contribution is 14.1. The van der Waals surface area contributed by atoms with Gasteiger partial charge in [-0.05, 0) is 100 Å². The molecule has 1 heterocycles. The van der Waals surface area contributed by atoms with Crippen molar-refractivity contribution in [3.05, 3.63) is 97.7 Å². The molecule has 4 rings (SSSR count). The summed E-state index contributed by atoms with van der Waals surface area (Å²) >= 11 is 2.83. The first-order valence-corrected chi connectivity index (χ1v) is 12.6. The molecule has 3 aromatic rings. The van der Waals surface area contributed by atoms with Crippen LogP contribution in [0.3, 0.4) is 0 Å². The Hall–Kier alpha value is -3.71. The predicted octanol–water partition coefficient (Wildman–Crippen LogP) is 5.38. The first-order chi connectivity index (χ1) is 17.7. The van der Waals surface area contributed by atoms with Crippen molar-refractivity contribution in [3.8, 4) is 5.75 Å². The van der Waals surface area contributed by atoms with Crippen molar-refractivity contribution in [1.82, 2.24) is 4.90 Å². The zero-order valence-corrected chi connectivity index (χ0v) is 21.9. The van der Waals surface area contributed by atoms with Gasteiger partial charge in [-0.3, -0.25) is 19.3 Å². The Labute approximate surface area is 228 Å². The number of carbonyl (C=O) groups excluding carboxylic acids is 3. The van der Waals surface area contributed by atoms with E-state index >= 15 is 0 Å². The molecule has 0 unspecified atom stereocenters. The minimum Gasteiger partial charge on any atom is -0.488 e. The lowest BCUT2D eigenvalue weighted by molar-refractivity contribution is -0.127. The molecule has 0 bridgehead atoms. The molecule has 188 valence electrons. The molecule has 11 heteroatoms. The highest BCUT2D eigenvalue weighted by Crippen LogP contribution is 2.33. The molecule has 3 aromatic carbocycles. The molecule has 0 saturated carbocycles. The van der Waals surface area contributed by atoms with Crippen molar-refractivity contribution < 1.29 is 33.4 Å². The fourth-order valence-corrected chi connectivity index (χ4v) is 4.83. The molecule has 8 nitrogen and oxygen atoms in total. The average Bonchev–Trinajstić information content (AvgIpc) is 3.12. The number of carboxylic acid groups (broad SMARTS) is 1. The predicted molar refractivity (Wildman–Crippen MR) is 145 cm³/mol. The number of hydrogen-bond acceptors (Lipinski definition) is 6. The SMILES string of the molecule is O=C(CN1C(=O)S/C(=C\c2ccc(OCc3ccc(C(=O)O)cc3)c(I)c2)C1=O)Nc1ccc(F)cc1. The van der Waals surface area contributed by atoms with Gasteiger partial charge in [-0.2, -0.15) is 0 Å². The second-order valence-corrected chi connectivity index (χ2v) is 9.96. The van der Waals surface area contributed by atoms with E-state index in [4.69, 9.17) is 9.84 Å². The lowest BCUT2D eigenvalue weighted by atomic mass is 10.1. The van der Waals surface area contributed by atoms with E-state index in [-0.39, 0.29) is 17.1 Å². The molecule has 0 atom stereocenters. The number of benzene rings is 3. The van der Waals surface area contributed by atoms with E-state index in [0.29, 0.717) is 17.0 Å². The number of ether oxygens (including phenoxy) is 1. The maximum atomic E-state index is 13.0. The Morgan fingerprint density at radius 3 is 2.41 bits per heavy atom. The first-order valence-electron chi connectivity index (χ1n) is 10.7. The Kier molecular flexibility index (Phi) is 8.24. The molecule has 0 aliphatic carbocycles. The summed E-state index contributed by atoms with van der Waals surface area (Å²) in [6.07, 6.45) is 1.57. The number of nitrogens with one attached hydrogen (secondary N) is 1. The number of amides is 3. The molecule has 0 spiro atoms. The number of anilines is 1. The van der Waals surface area contributed by atoms with E-state index in [1.807, 2.05) is 0 Å². The summed E-state index contributed by atoms with van der Waals surface area (Å²) in [5, 5.41) is 10.9. The van der Waals surface area contributed by atoms with Crippen LogP contribution in [0.15, 0.2) is 71.6 Å². The van der Waals surface area contributed by atoms with Crippen LogP contribution in [0.25, 0.3) is 6.08 Å². The lowest BCUT2D eigenvalue weighted by Gasteiger charge is -2.12. The van der Waals surface area contributed by atoms with E-state index < -0.39 is 35.4 Å². The van der Waals surface area contributed by atoms with Crippen LogP contribution in [-0.4, -0.2) is 39.6 Å². The molecule has 2 N–H and O–H groups in total. The molecule has 1 aliphatic rings. The van der Waals surface area contributed by atoms with Gasteiger partial charge in [-0.25, -0.2) is 9.18 Å². The Bertz CT molecular complexity index is 1410. The maximum Gasteiger partial charge on any atom is 0.335 e. The topological polar surface area (TPSA) is 113 Å². The molecule has 1 fully saturated rings. The summed E-state index contributed by atoms with van der Waals surface area (Å²) in [6.45, 7) is -0.217. The number of nitrogens with zero attached hydrogens (tertiary/aromatic N) is 1. The third-order valence-corrected chi connectivity index (χ3v) is 6.90. The van der Waals surface area contributed by atoms with Crippen LogP contribution in [0, 0.1) is 9.39 Å². The van der Waals surface area contributed by atoms with Gasteiger partial charge in [0.1, 0.15) is 24.7 Å². The number of halogens is 2. The van der Waals surface area contributed by atoms with Crippen molar-refractivity contribution in [2.24, 2.45) is 0 Å². The Balaban J connectivity index is 1.37. The van der Waals surface area contributed by atoms with Crippen LogP contribution in [0.5, 0.6) is 5.75 Å². The fourth-order valence-electron chi connectivity index (χ4n) is 3.29. The van der Waals surface area contributed by atoms with Gasteiger partial charge in [0.2, 0.25) is 5.91 Å². The molecule has 0 radical (unpaired) electrons. The molecular formula is C26H18FIN2O6S. The van der Waals surface area contributed by atoms with Crippen LogP contribution in [0.4, 0.5) is 14.9 Å². The number of rotatable bonds is 8. The van der Waals surface area contributed by atoms with Gasteiger partial charge in [0.05, 0.1) is 14.0 Å². The van der Waals surface area contributed by atoms with Crippen LogP contribution >= 0.6 is 34.4 Å². The number of thioether (sulfide) groups is 1. The summed E-state index contributed by atoms with van der Waals surface area (Å²) in [5.41, 5.74) is 2.02. The molecule has 3 amide bonds. The van der Waals surface area contributed by atoms with Crippen molar-refractivity contribution in [2.75, 3.05) is 11.9 Å². The summed E-state index contributed by atoms with van der Waals surface area (Å²) < 4.78 is 19.6. The largest absolute Gasteiger partial charge is 0.488 e. The van der Waals surface area contributed by atoms with E-state index in [9.17, 15) is 23.6 Å². The smallest absolute Gasteiger partial charge is 0.335 e. The minimum atomic E-state index is -0.997. The van der Waals surface area contributed by atoms with Gasteiger partial charge in [0, 0.05) is 5.69 Å². The number of imide groups is 1. The number of carboxylic acids is 1. The summed E-state index contributed by atoms with van der Waals surface area (Å²) in [6, 6.07) is 16.8. The number of aromatic carboxylic acids is 1. The monoisotopic (exact) mass is 632 g/mol. The zero-order valence-electron chi connectivity index (χ0n) is 18.9. The lowest BCUT2D eigenvalue weighted by Crippen LogP contribution is -2.36. The second kappa shape index (κ2) is 11.6. The van der Waals surface area contributed by atoms with Gasteiger partial charge < -0.3 is 15.2 Å². The Morgan fingerprint density at radius 1 is 1.05 bits per heavy atom. The third-order valence-electron chi connectivity index (χ3n) is 5.15. The highest BCUT2D eigenvalue weighted by atomic mass is 127. The van der Waals surface area contributed by atoms with Crippen molar-refractivity contribution in [1.29, 1.82) is 0 Å². The summed E-state index contributed by atoms with van der Waals surface area (Å²) in [7, 11) is 0. The van der Waals surface area contributed by atoms with E-state index in [2.05, 4.69) is 27.9 Å². The van der Waals surface area contributed by atoms with Crippen molar-refractivity contribution in [2.45, 2.75) is 6.61 Å². The molecule has 37 heavy (non-hydrogen) atoms. The summed E-state index contributed by atoms with van der Waals surface area (Å²) in [4.78, 5) is 49.4. The molecule has 1 saturated heterocycles. The molecule has 1 aliphatic heterocycles.